The summed E-state index contributed by atoms with van der Waals surface area (Å²) >= 11 is 13.5. The van der Waals surface area contributed by atoms with Crippen LogP contribution in [0.2, 0.25) is 5.02 Å². The van der Waals surface area contributed by atoms with Gasteiger partial charge in [-0.15, -0.1) is 0 Å². The van der Waals surface area contributed by atoms with Gasteiger partial charge in [0, 0.05) is 63.7 Å². The van der Waals surface area contributed by atoms with Crippen LogP contribution in [0.5, 0.6) is 5.75 Å². The number of allylic oxidation sites excluding steroid dienone is 3. The fraction of sp³-hybridized carbons (Fsp3) is 0.583. The molecule has 2 saturated heterocycles. The molecule has 2 aromatic carbocycles. The summed E-state index contributed by atoms with van der Waals surface area (Å²) in [5.74, 6) is -5.06. The van der Waals surface area contributed by atoms with E-state index >= 15 is 0 Å². The smallest absolute Gasteiger partial charge is 0.409 e. The van der Waals surface area contributed by atoms with Crippen molar-refractivity contribution in [3.05, 3.63) is 76.3 Å². The Hall–Kier alpha value is -6.32. The van der Waals surface area contributed by atoms with Crippen molar-refractivity contribution in [2.45, 2.75) is 153 Å². The summed E-state index contributed by atoms with van der Waals surface area (Å²) in [6.45, 7) is 10.7. The van der Waals surface area contributed by atoms with Gasteiger partial charge in [0.1, 0.15) is 52.8 Å². The summed E-state index contributed by atoms with van der Waals surface area (Å²) in [5.41, 5.74) is 3.82. The minimum atomic E-state index is -1.93. The zero-order valence-corrected chi connectivity index (χ0v) is 54.9. The zero-order valence-electron chi connectivity index (χ0n) is 50.9. The number of esters is 1. The fourth-order valence-electron chi connectivity index (χ4n) is 10.3. The molecule has 5 rings (SSSR count). The molecule has 0 saturated carbocycles. The van der Waals surface area contributed by atoms with Gasteiger partial charge >= 0.3 is 18.1 Å². The molecule has 0 aliphatic carbocycles. The van der Waals surface area contributed by atoms with Crippen LogP contribution in [0.15, 0.2) is 60.2 Å². The highest BCUT2D eigenvalue weighted by molar-refractivity contribution is 9.09. The molecule has 24 nitrogen and oxygen atoms in total. The molecule has 0 spiro atoms. The number of para-hydroxylation sites is 1. The molecule has 0 aromatic heterocycles. The van der Waals surface area contributed by atoms with Gasteiger partial charge in [-0.3, -0.25) is 34.1 Å². The van der Waals surface area contributed by atoms with E-state index in [1.807, 2.05) is 13.0 Å². The lowest BCUT2D eigenvalue weighted by Crippen LogP contribution is -2.63. The SMILES string of the molecule is COc1cc2cc(c1Cl)N(C)C(=O)C[C@H](OC(=O)[C@H](C)N(C)C(=O)c1ccccc1NC(=O)[C@H](CCCNC(N)=O)NC(=O)[C@@H](NC(=O)CCCCCNC(=O)C(CBr)CBr)C(C)C)[C@]1(C)O[C@H]1[C@H](C)[C@@H]1C[C@@](O)(NC(=O)O1)[C@H](OC)/C=C/C=C(\C)C2. The van der Waals surface area contributed by atoms with Crippen LogP contribution in [0.3, 0.4) is 0 Å². The number of likely N-dealkylation sites (N-methyl/N-ethyl adjacent to an activating group) is 1. The number of nitrogens with one attached hydrogen (secondary N) is 6. The fourth-order valence-corrected chi connectivity index (χ4v) is 12.3. The van der Waals surface area contributed by atoms with Gasteiger partial charge in [0.05, 0.1) is 42.5 Å². The van der Waals surface area contributed by atoms with Gasteiger partial charge in [0.2, 0.25) is 29.5 Å². The van der Waals surface area contributed by atoms with Crippen LogP contribution in [0.4, 0.5) is 21.0 Å². The number of fused-ring (bicyclic) bond motifs is 5. The molecular formula is C60H84Br2ClN9O15. The lowest BCUT2D eigenvalue weighted by atomic mass is 9.83. The van der Waals surface area contributed by atoms with E-state index in [9.17, 15) is 48.3 Å². The Labute approximate surface area is 530 Å². The second-order valence-corrected chi connectivity index (χ2v) is 24.4. The van der Waals surface area contributed by atoms with Gasteiger partial charge in [0.15, 0.2) is 5.72 Å². The molecule has 0 radical (unpaired) electrons. The first-order valence-electron chi connectivity index (χ1n) is 28.9. The van der Waals surface area contributed by atoms with Gasteiger partial charge in [-0.05, 0) is 88.6 Å². The number of ether oxygens (including phenoxy) is 5. The molecule has 3 aliphatic rings. The van der Waals surface area contributed by atoms with Crippen molar-refractivity contribution in [2.75, 3.05) is 62.3 Å². The lowest BCUT2D eigenvalue weighted by molar-refractivity contribution is -0.158. The predicted molar refractivity (Wildman–Crippen MR) is 333 cm³/mol. The number of aliphatic hydroxyl groups is 1. The van der Waals surface area contributed by atoms with Crippen molar-refractivity contribution in [3.63, 3.8) is 0 Å². The summed E-state index contributed by atoms with van der Waals surface area (Å²) < 4.78 is 29.7. The van der Waals surface area contributed by atoms with E-state index in [0.29, 0.717) is 54.3 Å². The van der Waals surface area contributed by atoms with Crippen molar-refractivity contribution in [1.29, 1.82) is 0 Å². The summed E-state index contributed by atoms with van der Waals surface area (Å²) in [6.07, 6.45) is 1.94. The van der Waals surface area contributed by atoms with Crippen molar-refractivity contribution < 1.29 is 71.9 Å². The third-order valence-electron chi connectivity index (χ3n) is 15.9. The number of rotatable bonds is 25. The van der Waals surface area contributed by atoms with Gasteiger partial charge in [-0.2, -0.15) is 0 Å². The Morgan fingerprint density at radius 1 is 0.966 bits per heavy atom. The Kier molecular flexibility index (Phi) is 26.9. The van der Waals surface area contributed by atoms with E-state index in [2.05, 4.69) is 63.8 Å². The third-order valence-corrected chi connectivity index (χ3v) is 17.8. The van der Waals surface area contributed by atoms with Crippen LogP contribution in [-0.4, -0.2) is 169 Å². The first-order valence-corrected chi connectivity index (χ1v) is 31.5. The molecule has 3 heterocycles. The monoisotopic (exact) mass is 1360 g/mol. The Morgan fingerprint density at radius 3 is 2.31 bits per heavy atom. The first kappa shape index (κ1) is 71.4. The summed E-state index contributed by atoms with van der Waals surface area (Å²) in [5, 5.41) is 29.3. The molecule has 480 valence electrons. The van der Waals surface area contributed by atoms with Crippen molar-refractivity contribution in [1.82, 2.24) is 31.5 Å². The van der Waals surface area contributed by atoms with E-state index < -0.39 is 114 Å². The number of carbonyl (C=O) groups excluding carboxylic acids is 9. The van der Waals surface area contributed by atoms with E-state index in [4.69, 9.17) is 41.0 Å². The average Bonchev–Trinajstić information content (AvgIpc) is 1.62. The van der Waals surface area contributed by atoms with Crippen LogP contribution in [0.1, 0.15) is 109 Å². The van der Waals surface area contributed by atoms with Gasteiger partial charge in [-0.1, -0.05) is 107 Å². The number of alkyl halides is 2. The van der Waals surface area contributed by atoms with Crippen LogP contribution in [-0.2, 0) is 54.1 Å². The summed E-state index contributed by atoms with van der Waals surface area (Å²) in [6, 6.07) is 5.06. The standard InChI is InChI=1S/C60H84Br2ClN9O15/c1-33(2)50(69-47(73)23-12-11-15-24-65-52(75)38(31-61)32-62)54(77)68-41(21-17-25-66-57(64)80)53(76)67-40-20-14-13-19-39(40)55(78)71(7)36(5)56(79)86-46-29-48(74)72(8)42-27-37(28-43(83-9)49(42)63)26-34(3)18-16-22-45(84-10)60(82)30-44(85-58(81)70-60)35(4)51-59(46,6)87-51/h13-14,16,18-20,22,27-28,33,35-36,38,41,44-46,50-51,82H,11-12,15,17,21,23-26,29-32H2,1-10H3,(H,65,75)(H,67,76)(H,68,77)(H,69,73)(H,70,81)(H3,64,66,80)/b22-16+,34-18+/t35-,36+,41+,44+,45-,46+,50+,51+,59+,60+/m1/s1. The number of urea groups is 1. The number of carbonyl (C=O) groups is 9. The predicted octanol–water partition coefficient (Wildman–Crippen LogP) is 5.92. The molecule has 9 N–H and O–H groups in total. The highest BCUT2D eigenvalue weighted by Crippen LogP contribution is 2.49. The van der Waals surface area contributed by atoms with Crippen molar-refractivity contribution >= 4 is 108 Å². The number of benzene rings is 2. The van der Waals surface area contributed by atoms with E-state index in [1.165, 1.54) is 52.3 Å². The largest absolute Gasteiger partial charge is 0.495 e. The number of unbranched alkanes of at least 4 members (excludes halogenated alkanes) is 2. The number of amides is 9. The molecule has 2 aromatic rings. The van der Waals surface area contributed by atoms with Gasteiger partial charge in [-0.25, -0.2) is 14.4 Å². The molecular weight excluding hydrogens is 1280 g/mol. The highest BCUT2D eigenvalue weighted by Gasteiger charge is 2.64. The number of primary amides is 1. The number of anilines is 2. The molecule has 27 heteroatoms. The van der Waals surface area contributed by atoms with Crippen LogP contribution in [0.25, 0.3) is 0 Å². The molecule has 4 bridgehead atoms. The summed E-state index contributed by atoms with van der Waals surface area (Å²) in [4.78, 5) is 124. The molecule has 2 fully saturated rings. The van der Waals surface area contributed by atoms with Crippen LogP contribution >= 0.6 is 43.5 Å². The maximum atomic E-state index is 14.6. The molecule has 3 aliphatic heterocycles. The number of methoxy groups -OCH3 is 2. The van der Waals surface area contributed by atoms with E-state index in [0.717, 1.165) is 16.0 Å². The van der Waals surface area contributed by atoms with Crippen LogP contribution in [0, 0.1) is 17.8 Å². The Bertz CT molecular complexity index is 2880. The minimum Gasteiger partial charge on any atom is -0.495 e. The third kappa shape index (κ3) is 19.3. The quantitative estimate of drug-likeness (QED) is 0.0247. The topological polar surface area (TPSA) is 328 Å². The first-order chi connectivity index (χ1) is 41.1. The van der Waals surface area contributed by atoms with E-state index in [1.54, 1.807) is 64.1 Å². The van der Waals surface area contributed by atoms with Gasteiger partial charge < -0.3 is 70.9 Å². The number of halogens is 3. The highest BCUT2D eigenvalue weighted by atomic mass is 79.9. The van der Waals surface area contributed by atoms with Crippen molar-refractivity contribution in [2.24, 2.45) is 23.5 Å². The number of hydrogen-bond acceptors (Lipinski definition) is 15. The molecule has 10 atom stereocenters. The molecule has 87 heavy (non-hydrogen) atoms. The van der Waals surface area contributed by atoms with Crippen LogP contribution < -0.4 is 47.3 Å². The number of nitrogens with two attached hydrogens (primary N) is 1. The second-order valence-electron chi connectivity index (χ2n) is 22.7. The number of alkyl carbamates (subject to hydrolysis) is 1. The Morgan fingerprint density at radius 2 is 1.66 bits per heavy atom. The second kappa shape index (κ2) is 32.8. The molecule has 0 unspecified atom stereocenters. The summed E-state index contributed by atoms with van der Waals surface area (Å²) in [7, 11) is 5.72. The lowest BCUT2D eigenvalue weighted by Gasteiger charge is -2.42. The normalized spacial score (nSPS) is 24.1. The average molecular weight is 1370 g/mol. The zero-order chi connectivity index (χ0) is 64.5. The minimum absolute atomic E-state index is 0.0121. The van der Waals surface area contributed by atoms with Crippen molar-refractivity contribution in [3.8, 4) is 5.75 Å². The van der Waals surface area contributed by atoms with E-state index in [-0.39, 0.29) is 66.2 Å². The molecule has 9 amide bonds. The number of epoxide rings is 1. The van der Waals surface area contributed by atoms with Gasteiger partial charge in [0.25, 0.3) is 5.91 Å². The number of nitrogens with zero attached hydrogens (tertiary/aromatic N) is 2. The maximum Gasteiger partial charge on any atom is 0.409 e. The Balaban J connectivity index is 1.36. The number of hydrogen-bond donors (Lipinski definition) is 8. The maximum absolute atomic E-state index is 14.6.